The number of nitrogens with zero attached hydrogens (tertiary/aromatic N) is 7. The summed E-state index contributed by atoms with van der Waals surface area (Å²) in [5.41, 5.74) is 5.74. The topological polar surface area (TPSA) is 91.7 Å². The van der Waals surface area contributed by atoms with Crippen molar-refractivity contribution in [1.82, 2.24) is 29.1 Å². The van der Waals surface area contributed by atoms with Gasteiger partial charge in [-0.25, -0.2) is 14.5 Å². The Hall–Kier alpha value is -4.27. The van der Waals surface area contributed by atoms with Crippen molar-refractivity contribution < 1.29 is 9.57 Å². The molecule has 9 nitrogen and oxygen atoms in total. The molecule has 0 aliphatic rings. The van der Waals surface area contributed by atoms with Crippen LogP contribution in [0.5, 0.6) is 5.75 Å². The number of aryl methyl sites for hydroxylation is 1. The molecule has 1 aromatic carbocycles. The summed E-state index contributed by atoms with van der Waals surface area (Å²) < 4.78 is 9.00. The van der Waals surface area contributed by atoms with Crippen molar-refractivity contribution in [2.75, 3.05) is 7.11 Å². The highest BCUT2D eigenvalue weighted by molar-refractivity contribution is 5.93. The first kappa shape index (κ1) is 20.6. The Morgan fingerprint density at radius 3 is 2.64 bits per heavy atom. The molecule has 0 saturated carbocycles. The second kappa shape index (κ2) is 8.70. The summed E-state index contributed by atoms with van der Waals surface area (Å²) >= 11 is 0. The smallest absolute Gasteiger partial charge is 0.192 e. The van der Waals surface area contributed by atoms with Crippen molar-refractivity contribution in [3.8, 4) is 5.75 Å². The van der Waals surface area contributed by atoms with Gasteiger partial charge < -0.3 is 14.1 Å². The van der Waals surface area contributed by atoms with Crippen LogP contribution in [-0.4, -0.2) is 42.5 Å². The molecule has 0 atom stereocenters. The molecule has 5 rings (SSSR count). The van der Waals surface area contributed by atoms with Gasteiger partial charge in [-0.05, 0) is 61.4 Å². The number of oxime groups is 1. The fourth-order valence-corrected chi connectivity index (χ4v) is 3.77. The minimum atomic E-state index is 0.155. The van der Waals surface area contributed by atoms with E-state index in [4.69, 9.17) is 14.6 Å². The molecular formula is C24H23N7O2. The van der Waals surface area contributed by atoms with Crippen molar-refractivity contribution in [2.45, 2.75) is 27.0 Å². The first-order chi connectivity index (χ1) is 16.1. The Bertz CT molecular complexity index is 1440. The van der Waals surface area contributed by atoms with Crippen molar-refractivity contribution in [3.05, 3.63) is 83.3 Å². The molecule has 5 aromatic rings. The van der Waals surface area contributed by atoms with Crippen LogP contribution in [0.25, 0.3) is 16.7 Å². The van der Waals surface area contributed by atoms with Gasteiger partial charge in [-0.1, -0.05) is 11.2 Å². The van der Waals surface area contributed by atoms with Crippen LogP contribution >= 0.6 is 0 Å². The van der Waals surface area contributed by atoms with Crippen molar-refractivity contribution >= 4 is 22.9 Å². The minimum Gasteiger partial charge on any atom is -0.497 e. The van der Waals surface area contributed by atoms with E-state index in [2.05, 4.69) is 38.6 Å². The molecule has 9 heteroatoms. The highest BCUT2D eigenvalue weighted by Crippen LogP contribution is 2.27. The minimum absolute atomic E-state index is 0.155. The van der Waals surface area contributed by atoms with E-state index in [1.54, 1.807) is 30.4 Å². The van der Waals surface area contributed by atoms with Gasteiger partial charge in [0, 0.05) is 11.9 Å². The number of benzene rings is 1. The second-order valence-electron chi connectivity index (χ2n) is 7.64. The van der Waals surface area contributed by atoms with Gasteiger partial charge in [0.25, 0.3) is 0 Å². The normalized spacial score (nSPS) is 11.6. The van der Waals surface area contributed by atoms with Crippen LogP contribution in [0.3, 0.4) is 0 Å². The Kier molecular flexibility index (Phi) is 5.43. The molecule has 0 aliphatic carbocycles. The Labute approximate surface area is 190 Å². The van der Waals surface area contributed by atoms with E-state index in [-0.39, 0.29) is 6.61 Å². The van der Waals surface area contributed by atoms with Crippen LogP contribution in [0, 0.1) is 13.8 Å². The molecule has 0 spiro atoms. The first-order valence-electron chi connectivity index (χ1n) is 10.5. The summed E-state index contributed by atoms with van der Waals surface area (Å²) in [7, 11) is 1.63. The molecule has 33 heavy (non-hydrogen) atoms. The molecule has 166 valence electrons. The van der Waals surface area contributed by atoms with E-state index >= 15 is 0 Å². The summed E-state index contributed by atoms with van der Waals surface area (Å²) in [6, 6.07) is 13.5. The summed E-state index contributed by atoms with van der Waals surface area (Å²) in [5.74, 6) is 1.33. The molecule has 0 saturated heterocycles. The van der Waals surface area contributed by atoms with Gasteiger partial charge in [0.15, 0.2) is 18.1 Å². The van der Waals surface area contributed by atoms with Crippen LogP contribution < -0.4 is 4.74 Å². The number of hydrogen-bond acceptors (Lipinski definition) is 7. The predicted octanol–water partition coefficient (Wildman–Crippen LogP) is 3.70. The van der Waals surface area contributed by atoms with Crippen molar-refractivity contribution in [1.29, 1.82) is 0 Å². The van der Waals surface area contributed by atoms with Crippen LogP contribution in [-0.2, 0) is 18.0 Å². The van der Waals surface area contributed by atoms with Gasteiger partial charge in [-0.2, -0.15) is 0 Å². The fraction of sp³-hybridized carbons (Fsp3) is 0.208. The molecule has 4 heterocycles. The van der Waals surface area contributed by atoms with Crippen LogP contribution in [0.1, 0.15) is 28.3 Å². The SMILES string of the molecule is COc1ccc(C=NOCc2nc3c4c(C)c(C)n(Cc5ccccn5)c4ncn3n2)cc1. The summed E-state index contributed by atoms with van der Waals surface area (Å²) in [5, 5.41) is 9.50. The number of pyridine rings is 1. The summed E-state index contributed by atoms with van der Waals surface area (Å²) in [6.45, 7) is 4.97. The molecule has 0 radical (unpaired) electrons. The molecule has 0 unspecified atom stereocenters. The van der Waals surface area contributed by atoms with Gasteiger partial charge in [-0.3, -0.25) is 4.98 Å². The maximum atomic E-state index is 5.43. The third kappa shape index (κ3) is 4.00. The summed E-state index contributed by atoms with van der Waals surface area (Å²) in [4.78, 5) is 19.2. The van der Waals surface area contributed by atoms with E-state index in [0.717, 1.165) is 44.9 Å². The van der Waals surface area contributed by atoms with Gasteiger partial charge in [-0.15, -0.1) is 5.10 Å². The van der Waals surface area contributed by atoms with Crippen LogP contribution in [0.2, 0.25) is 0 Å². The number of hydrogen-bond donors (Lipinski definition) is 0. The van der Waals surface area contributed by atoms with Crippen LogP contribution in [0.15, 0.2) is 60.1 Å². The highest BCUT2D eigenvalue weighted by atomic mass is 16.6. The second-order valence-corrected chi connectivity index (χ2v) is 7.64. The molecule has 0 fully saturated rings. The van der Waals surface area contributed by atoms with E-state index in [1.807, 2.05) is 42.5 Å². The molecular weight excluding hydrogens is 418 g/mol. The number of rotatable bonds is 7. The van der Waals surface area contributed by atoms with E-state index in [1.165, 1.54) is 0 Å². The molecule has 0 amide bonds. The van der Waals surface area contributed by atoms with Crippen molar-refractivity contribution in [2.24, 2.45) is 5.16 Å². The highest BCUT2D eigenvalue weighted by Gasteiger charge is 2.18. The Balaban J connectivity index is 1.39. The standard InChI is InChI=1S/C24H23N7O2/c1-16-17(2)30(13-19-6-4-5-11-25-19)23-22(16)24-28-21(29-31(24)15-26-23)14-33-27-12-18-7-9-20(32-3)10-8-18/h4-12,15H,13-14H2,1-3H3. The van der Waals surface area contributed by atoms with E-state index < -0.39 is 0 Å². The maximum Gasteiger partial charge on any atom is 0.192 e. The van der Waals surface area contributed by atoms with Crippen molar-refractivity contribution in [3.63, 3.8) is 0 Å². The first-order valence-corrected chi connectivity index (χ1v) is 10.5. The van der Waals surface area contributed by atoms with E-state index in [9.17, 15) is 0 Å². The van der Waals surface area contributed by atoms with Gasteiger partial charge in [0.05, 0.1) is 30.9 Å². The Morgan fingerprint density at radius 2 is 1.88 bits per heavy atom. The predicted molar refractivity (Wildman–Crippen MR) is 124 cm³/mol. The number of ether oxygens (including phenoxy) is 1. The molecule has 0 bridgehead atoms. The third-order valence-corrected chi connectivity index (χ3v) is 5.62. The fourth-order valence-electron chi connectivity index (χ4n) is 3.77. The zero-order chi connectivity index (χ0) is 22.8. The number of methoxy groups -OCH3 is 1. The quantitative estimate of drug-likeness (QED) is 0.283. The molecule has 0 aliphatic heterocycles. The third-order valence-electron chi connectivity index (χ3n) is 5.62. The van der Waals surface area contributed by atoms with Gasteiger partial charge >= 0.3 is 0 Å². The number of fused-ring (bicyclic) bond motifs is 3. The largest absolute Gasteiger partial charge is 0.497 e. The number of aromatic nitrogens is 6. The van der Waals surface area contributed by atoms with Gasteiger partial charge in [0.2, 0.25) is 0 Å². The lowest BCUT2D eigenvalue weighted by Gasteiger charge is -2.07. The summed E-state index contributed by atoms with van der Waals surface area (Å²) in [6.07, 6.45) is 5.12. The lowest BCUT2D eigenvalue weighted by Crippen LogP contribution is -2.04. The lowest BCUT2D eigenvalue weighted by molar-refractivity contribution is 0.126. The molecule has 4 aromatic heterocycles. The monoisotopic (exact) mass is 441 g/mol. The average molecular weight is 441 g/mol. The van der Waals surface area contributed by atoms with Gasteiger partial charge in [0.1, 0.15) is 17.7 Å². The zero-order valence-electron chi connectivity index (χ0n) is 18.6. The average Bonchev–Trinajstić information content (AvgIpc) is 3.37. The van der Waals surface area contributed by atoms with E-state index in [0.29, 0.717) is 12.4 Å². The lowest BCUT2D eigenvalue weighted by atomic mass is 10.2. The maximum absolute atomic E-state index is 5.43. The Morgan fingerprint density at radius 1 is 1.03 bits per heavy atom. The molecule has 0 N–H and O–H groups in total. The zero-order valence-corrected chi connectivity index (χ0v) is 18.6. The van der Waals surface area contributed by atoms with Crippen LogP contribution in [0.4, 0.5) is 0 Å².